The molecular weight excluding hydrogens is 236 g/mol. The molecule has 4 heteroatoms. The van der Waals surface area contributed by atoms with E-state index in [0.717, 1.165) is 12.5 Å². The molecule has 0 N–H and O–H groups in total. The molecule has 0 radical (unpaired) electrons. The van der Waals surface area contributed by atoms with Crippen molar-refractivity contribution in [2.24, 2.45) is 5.92 Å². The Morgan fingerprint density at radius 2 is 2.00 bits per heavy atom. The minimum atomic E-state index is 0.504. The van der Waals surface area contributed by atoms with Crippen LogP contribution < -0.4 is 0 Å². The maximum absolute atomic E-state index is 4.29. The molecule has 2 rings (SSSR count). The number of hydrogen-bond acceptors (Lipinski definition) is 3. The van der Waals surface area contributed by atoms with Crippen molar-refractivity contribution >= 4 is 0 Å². The van der Waals surface area contributed by atoms with Crippen molar-refractivity contribution in [2.75, 3.05) is 33.7 Å². The average molecular weight is 264 g/mol. The van der Waals surface area contributed by atoms with Crippen molar-refractivity contribution in [1.82, 2.24) is 19.4 Å². The fourth-order valence-electron chi connectivity index (χ4n) is 2.99. The van der Waals surface area contributed by atoms with Crippen LogP contribution in [0.2, 0.25) is 0 Å². The highest BCUT2D eigenvalue weighted by molar-refractivity contribution is 5.00. The number of likely N-dealkylation sites (tertiary alicyclic amines) is 1. The lowest BCUT2D eigenvalue weighted by Gasteiger charge is -2.33. The maximum Gasteiger partial charge on any atom is 0.0951 e. The number of nitrogens with zero attached hydrogens (tertiary/aromatic N) is 4. The van der Waals surface area contributed by atoms with Crippen molar-refractivity contribution in [3.63, 3.8) is 0 Å². The molecule has 1 aromatic heterocycles. The van der Waals surface area contributed by atoms with Crippen molar-refractivity contribution in [3.05, 3.63) is 18.2 Å². The summed E-state index contributed by atoms with van der Waals surface area (Å²) in [6.45, 7) is 9.16. The second-order valence-electron chi connectivity index (χ2n) is 6.37. The first kappa shape index (κ1) is 14.5. The lowest BCUT2D eigenvalue weighted by Crippen LogP contribution is -2.37. The topological polar surface area (TPSA) is 24.3 Å². The van der Waals surface area contributed by atoms with Crippen LogP contribution in [0.25, 0.3) is 0 Å². The Balaban J connectivity index is 1.84. The fourth-order valence-corrected chi connectivity index (χ4v) is 2.99. The van der Waals surface area contributed by atoms with E-state index in [2.05, 4.69) is 47.3 Å². The second-order valence-corrected chi connectivity index (χ2v) is 6.37. The number of hydrogen-bond donors (Lipinski definition) is 0. The third-order valence-corrected chi connectivity index (χ3v) is 4.02. The van der Waals surface area contributed by atoms with Gasteiger partial charge in [-0.3, -0.25) is 4.90 Å². The summed E-state index contributed by atoms with van der Waals surface area (Å²) in [6, 6.07) is 0.504. The van der Waals surface area contributed by atoms with E-state index in [-0.39, 0.29) is 0 Å². The zero-order valence-electron chi connectivity index (χ0n) is 12.8. The summed E-state index contributed by atoms with van der Waals surface area (Å²) in [6.07, 6.45) is 6.63. The predicted octanol–water partition coefficient (Wildman–Crippen LogP) is 2.24. The highest BCUT2D eigenvalue weighted by Crippen LogP contribution is 2.20. The molecular formula is C15H28N4. The van der Waals surface area contributed by atoms with Crippen LogP contribution in [0.3, 0.4) is 0 Å². The summed E-state index contributed by atoms with van der Waals surface area (Å²) in [5.74, 6) is 0.876. The molecule has 0 unspecified atom stereocenters. The highest BCUT2D eigenvalue weighted by atomic mass is 15.2. The number of imidazole rings is 1. The number of piperidine rings is 1. The molecule has 0 aliphatic carbocycles. The van der Waals surface area contributed by atoms with Gasteiger partial charge in [0, 0.05) is 25.3 Å². The van der Waals surface area contributed by atoms with Gasteiger partial charge in [-0.1, -0.05) is 0 Å². The van der Waals surface area contributed by atoms with E-state index in [1.54, 1.807) is 0 Å². The first-order chi connectivity index (χ1) is 9.06. The zero-order valence-corrected chi connectivity index (χ0v) is 12.8. The van der Waals surface area contributed by atoms with Crippen LogP contribution in [0.4, 0.5) is 0 Å². The van der Waals surface area contributed by atoms with Crippen molar-refractivity contribution < 1.29 is 0 Å². The Bertz CT molecular complexity index is 375. The van der Waals surface area contributed by atoms with Crippen molar-refractivity contribution in [1.29, 1.82) is 0 Å². The minimum absolute atomic E-state index is 0.504. The molecule has 2 heterocycles. The van der Waals surface area contributed by atoms with E-state index >= 15 is 0 Å². The smallest absolute Gasteiger partial charge is 0.0951 e. The van der Waals surface area contributed by atoms with Crippen LogP contribution >= 0.6 is 0 Å². The first-order valence-electron chi connectivity index (χ1n) is 7.44. The molecule has 19 heavy (non-hydrogen) atoms. The molecule has 0 aromatic carbocycles. The van der Waals surface area contributed by atoms with Gasteiger partial charge in [0.2, 0.25) is 0 Å². The lowest BCUT2D eigenvalue weighted by molar-refractivity contribution is 0.154. The van der Waals surface area contributed by atoms with Crippen LogP contribution in [0.15, 0.2) is 12.5 Å². The summed E-state index contributed by atoms with van der Waals surface area (Å²) in [4.78, 5) is 9.18. The van der Waals surface area contributed by atoms with E-state index < -0.39 is 0 Å². The third kappa shape index (κ3) is 4.05. The Morgan fingerprint density at radius 1 is 1.32 bits per heavy atom. The summed E-state index contributed by atoms with van der Waals surface area (Å²) < 4.78 is 2.28. The van der Waals surface area contributed by atoms with Gasteiger partial charge >= 0.3 is 0 Å². The van der Waals surface area contributed by atoms with Gasteiger partial charge in [-0.25, -0.2) is 4.98 Å². The summed E-state index contributed by atoms with van der Waals surface area (Å²) in [5.41, 5.74) is 1.35. The van der Waals surface area contributed by atoms with Crippen LogP contribution in [0.5, 0.6) is 0 Å². The van der Waals surface area contributed by atoms with Gasteiger partial charge in [-0.15, -0.1) is 0 Å². The van der Waals surface area contributed by atoms with Gasteiger partial charge in [0.15, 0.2) is 0 Å². The molecule has 1 aromatic rings. The van der Waals surface area contributed by atoms with Crippen LogP contribution in [0, 0.1) is 5.92 Å². The predicted molar refractivity (Wildman–Crippen MR) is 79.2 cm³/mol. The molecule has 0 amide bonds. The lowest BCUT2D eigenvalue weighted by atomic mass is 9.96. The molecule has 1 aliphatic rings. The van der Waals surface area contributed by atoms with Crippen LogP contribution in [-0.2, 0) is 6.54 Å². The van der Waals surface area contributed by atoms with Gasteiger partial charge in [-0.2, -0.15) is 0 Å². The maximum atomic E-state index is 4.29. The van der Waals surface area contributed by atoms with E-state index in [1.807, 2.05) is 12.5 Å². The Hall–Kier alpha value is -0.870. The van der Waals surface area contributed by atoms with Gasteiger partial charge in [0.25, 0.3) is 0 Å². The average Bonchev–Trinajstić information content (AvgIpc) is 2.79. The molecule has 0 saturated carbocycles. The number of aromatic nitrogens is 2. The molecule has 108 valence electrons. The van der Waals surface area contributed by atoms with Crippen molar-refractivity contribution in [2.45, 2.75) is 39.3 Å². The molecule has 1 fully saturated rings. The van der Waals surface area contributed by atoms with Crippen LogP contribution in [0.1, 0.15) is 38.4 Å². The van der Waals surface area contributed by atoms with Gasteiger partial charge < -0.3 is 9.47 Å². The summed E-state index contributed by atoms with van der Waals surface area (Å²) >= 11 is 0. The van der Waals surface area contributed by atoms with E-state index in [1.165, 1.54) is 38.2 Å². The van der Waals surface area contributed by atoms with Crippen LogP contribution in [-0.4, -0.2) is 53.1 Å². The molecule has 0 spiro atoms. The monoisotopic (exact) mass is 264 g/mol. The third-order valence-electron chi connectivity index (χ3n) is 4.02. The molecule has 4 nitrogen and oxygen atoms in total. The quantitative estimate of drug-likeness (QED) is 0.815. The number of rotatable bonds is 5. The Kier molecular flexibility index (Phi) is 4.99. The first-order valence-corrected chi connectivity index (χ1v) is 7.44. The van der Waals surface area contributed by atoms with E-state index in [9.17, 15) is 0 Å². The molecule has 0 atom stereocenters. The molecule has 0 bridgehead atoms. The highest BCUT2D eigenvalue weighted by Gasteiger charge is 2.20. The van der Waals surface area contributed by atoms with Crippen molar-refractivity contribution in [3.8, 4) is 0 Å². The standard InChI is InChI=1S/C15H28N4/c1-13(2)19-12-16-9-15(19)11-18-7-5-14(6-8-18)10-17(3)4/h9,12-14H,5-8,10-11H2,1-4H3. The Morgan fingerprint density at radius 3 is 2.58 bits per heavy atom. The second kappa shape index (κ2) is 6.53. The minimum Gasteiger partial charge on any atom is -0.331 e. The SMILES string of the molecule is CC(C)n1cncc1CN1CCC(CN(C)C)CC1. The van der Waals surface area contributed by atoms with E-state index in [0.29, 0.717) is 6.04 Å². The normalized spacial score (nSPS) is 18.6. The largest absolute Gasteiger partial charge is 0.331 e. The summed E-state index contributed by atoms with van der Waals surface area (Å²) in [5, 5.41) is 0. The van der Waals surface area contributed by atoms with Gasteiger partial charge in [0.05, 0.1) is 12.0 Å². The van der Waals surface area contributed by atoms with Gasteiger partial charge in [-0.05, 0) is 59.8 Å². The zero-order chi connectivity index (χ0) is 13.8. The van der Waals surface area contributed by atoms with E-state index in [4.69, 9.17) is 0 Å². The molecule has 1 aliphatic heterocycles. The van der Waals surface area contributed by atoms with Gasteiger partial charge in [0.1, 0.15) is 0 Å². The summed E-state index contributed by atoms with van der Waals surface area (Å²) in [7, 11) is 4.35. The Labute approximate surface area is 117 Å². The molecule has 1 saturated heterocycles. The fraction of sp³-hybridized carbons (Fsp3) is 0.800.